The number of hydrogen-bond donors (Lipinski definition) is 1. The number of hydrogen-bond acceptors (Lipinski definition) is 7. The van der Waals surface area contributed by atoms with Crippen LogP contribution < -0.4 is 11.4 Å². The SMILES string of the molecule is C[C@@H]1[C@H](n2ccc(N)nc2=O)O[C@@](COC(C)(C)C)(N=[N+]=[N-])[C@H]1OC(C)(C)C. The summed E-state index contributed by atoms with van der Waals surface area (Å²) in [6.07, 6.45) is 0.0961. The molecule has 156 valence electrons. The summed E-state index contributed by atoms with van der Waals surface area (Å²) in [5, 5.41) is 3.95. The molecule has 2 rings (SSSR count). The van der Waals surface area contributed by atoms with E-state index in [1.165, 1.54) is 16.8 Å². The van der Waals surface area contributed by atoms with Crippen LogP contribution in [0.3, 0.4) is 0 Å². The maximum absolute atomic E-state index is 12.4. The van der Waals surface area contributed by atoms with Crippen molar-refractivity contribution in [2.24, 2.45) is 11.0 Å². The van der Waals surface area contributed by atoms with Crippen LogP contribution in [0.1, 0.15) is 54.7 Å². The van der Waals surface area contributed by atoms with E-state index in [-0.39, 0.29) is 18.3 Å². The third kappa shape index (κ3) is 5.02. The van der Waals surface area contributed by atoms with Crippen molar-refractivity contribution in [2.45, 2.75) is 77.7 Å². The highest BCUT2D eigenvalue weighted by molar-refractivity contribution is 5.23. The summed E-state index contributed by atoms with van der Waals surface area (Å²) >= 11 is 0. The van der Waals surface area contributed by atoms with E-state index in [9.17, 15) is 10.3 Å². The number of azide groups is 1. The highest BCUT2D eigenvalue weighted by atomic mass is 16.6. The first-order valence-corrected chi connectivity index (χ1v) is 9.18. The summed E-state index contributed by atoms with van der Waals surface area (Å²) in [7, 11) is 0. The molecule has 1 fully saturated rings. The average molecular weight is 394 g/mol. The number of rotatable bonds is 5. The summed E-state index contributed by atoms with van der Waals surface area (Å²) in [6.45, 7) is 13.2. The smallest absolute Gasteiger partial charge is 0.351 e. The Balaban J connectivity index is 2.52. The Hall–Kier alpha value is -2.13. The molecule has 1 aliphatic rings. The van der Waals surface area contributed by atoms with Gasteiger partial charge in [-0.05, 0) is 53.1 Å². The molecular weight excluding hydrogens is 364 g/mol. The van der Waals surface area contributed by atoms with Crippen molar-refractivity contribution in [3.05, 3.63) is 33.2 Å². The first-order chi connectivity index (χ1) is 12.8. The van der Waals surface area contributed by atoms with Crippen LogP contribution in [0.2, 0.25) is 0 Å². The predicted octanol–water partition coefficient (Wildman–Crippen LogP) is 3.00. The molecular formula is C18H30N6O4. The van der Waals surface area contributed by atoms with E-state index in [0.717, 1.165) is 0 Å². The second-order valence-electron chi connectivity index (χ2n) is 9.00. The van der Waals surface area contributed by atoms with Gasteiger partial charge in [-0.15, -0.1) is 0 Å². The van der Waals surface area contributed by atoms with Gasteiger partial charge in [0.15, 0.2) is 5.72 Å². The van der Waals surface area contributed by atoms with Gasteiger partial charge >= 0.3 is 5.69 Å². The first-order valence-electron chi connectivity index (χ1n) is 9.18. The molecule has 0 aromatic carbocycles. The molecule has 28 heavy (non-hydrogen) atoms. The van der Waals surface area contributed by atoms with Gasteiger partial charge in [-0.2, -0.15) is 4.98 Å². The molecule has 0 bridgehead atoms. The standard InChI is InChI=1S/C18H30N6O4/c1-11-13(27-17(5,6)7)18(22-23-20,10-26-16(2,3)4)28-14(11)24-9-8-12(19)21-15(24)25/h8-9,11,13-14H,10H2,1-7H3,(H2,19,21,25)/t11-,13-,14+,18+/m0/s1. The lowest BCUT2D eigenvalue weighted by Gasteiger charge is -2.36. The minimum atomic E-state index is -1.44. The maximum Gasteiger partial charge on any atom is 0.351 e. The molecule has 1 aromatic rings. The number of anilines is 1. The number of aromatic nitrogens is 2. The van der Waals surface area contributed by atoms with Crippen molar-refractivity contribution < 1.29 is 14.2 Å². The molecule has 1 saturated heterocycles. The highest BCUT2D eigenvalue weighted by Crippen LogP contribution is 2.45. The van der Waals surface area contributed by atoms with Crippen LogP contribution in [0.25, 0.3) is 10.4 Å². The lowest BCUT2D eigenvalue weighted by Crippen LogP contribution is -2.49. The Bertz CT molecular complexity index is 806. The van der Waals surface area contributed by atoms with E-state index in [4.69, 9.17) is 19.9 Å². The van der Waals surface area contributed by atoms with Crippen LogP contribution in [0.5, 0.6) is 0 Å². The van der Waals surface area contributed by atoms with Crippen molar-refractivity contribution >= 4 is 5.82 Å². The summed E-state index contributed by atoms with van der Waals surface area (Å²) in [5.41, 5.74) is 11.8. The van der Waals surface area contributed by atoms with Gasteiger partial charge in [0, 0.05) is 17.0 Å². The normalized spacial score (nSPS) is 28.2. The fraction of sp³-hybridized carbons (Fsp3) is 0.778. The number of nitrogens with two attached hydrogens (primary N) is 1. The number of nitrogen functional groups attached to an aromatic ring is 1. The van der Waals surface area contributed by atoms with Crippen LogP contribution in [-0.4, -0.2) is 39.2 Å². The van der Waals surface area contributed by atoms with Crippen LogP contribution in [0, 0.1) is 5.92 Å². The minimum absolute atomic E-state index is 0.0285. The van der Waals surface area contributed by atoms with Gasteiger partial charge in [-0.25, -0.2) is 4.79 Å². The van der Waals surface area contributed by atoms with Gasteiger partial charge in [-0.3, -0.25) is 4.57 Å². The van der Waals surface area contributed by atoms with Gasteiger partial charge in [0.1, 0.15) is 18.1 Å². The molecule has 0 amide bonds. The second-order valence-corrected chi connectivity index (χ2v) is 9.00. The molecule has 4 atom stereocenters. The molecule has 0 unspecified atom stereocenters. The zero-order valence-electron chi connectivity index (χ0n) is 17.5. The molecule has 0 aliphatic carbocycles. The van der Waals surface area contributed by atoms with E-state index >= 15 is 0 Å². The van der Waals surface area contributed by atoms with E-state index in [1.54, 1.807) is 0 Å². The summed E-state index contributed by atoms with van der Waals surface area (Å²) in [5.74, 6) is -0.219. The summed E-state index contributed by atoms with van der Waals surface area (Å²) in [4.78, 5) is 19.1. The molecule has 0 saturated carbocycles. The van der Waals surface area contributed by atoms with Crippen molar-refractivity contribution in [2.75, 3.05) is 12.3 Å². The van der Waals surface area contributed by atoms with E-state index in [0.29, 0.717) is 0 Å². The quantitative estimate of drug-likeness (QED) is 0.463. The monoisotopic (exact) mass is 394 g/mol. The molecule has 1 aliphatic heterocycles. The van der Waals surface area contributed by atoms with Crippen LogP contribution >= 0.6 is 0 Å². The third-order valence-electron chi connectivity index (χ3n) is 4.23. The Kier molecular flexibility index (Phi) is 6.10. The Labute approximate surface area is 164 Å². The van der Waals surface area contributed by atoms with E-state index in [1.807, 2.05) is 48.5 Å². The number of ether oxygens (including phenoxy) is 3. The van der Waals surface area contributed by atoms with Gasteiger partial charge in [0.2, 0.25) is 0 Å². The molecule has 10 nitrogen and oxygen atoms in total. The zero-order chi connectivity index (χ0) is 21.3. The van der Waals surface area contributed by atoms with Crippen molar-refractivity contribution in [3.63, 3.8) is 0 Å². The van der Waals surface area contributed by atoms with E-state index in [2.05, 4.69) is 15.0 Å². The van der Waals surface area contributed by atoms with Gasteiger partial charge in [0.25, 0.3) is 0 Å². The lowest BCUT2D eigenvalue weighted by atomic mass is 9.96. The Morgan fingerprint density at radius 1 is 1.36 bits per heavy atom. The molecule has 1 aromatic heterocycles. The summed E-state index contributed by atoms with van der Waals surface area (Å²) in [6, 6.07) is 1.51. The van der Waals surface area contributed by atoms with Gasteiger partial charge in [0.05, 0.1) is 17.8 Å². The minimum Gasteiger partial charge on any atom is -0.383 e. The Morgan fingerprint density at radius 2 is 2.00 bits per heavy atom. The topological polar surface area (TPSA) is 137 Å². The van der Waals surface area contributed by atoms with Gasteiger partial charge < -0.3 is 19.9 Å². The lowest BCUT2D eigenvalue weighted by molar-refractivity contribution is -0.188. The molecule has 0 radical (unpaired) electrons. The fourth-order valence-corrected chi connectivity index (χ4v) is 3.07. The Morgan fingerprint density at radius 3 is 2.50 bits per heavy atom. The van der Waals surface area contributed by atoms with E-state index < -0.39 is 34.9 Å². The molecule has 2 N–H and O–H groups in total. The van der Waals surface area contributed by atoms with Crippen molar-refractivity contribution in [3.8, 4) is 0 Å². The van der Waals surface area contributed by atoms with Gasteiger partial charge in [-0.1, -0.05) is 12.0 Å². The first kappa shape index (κ1) is 22.2. The van der Waals surface area contributed by atoms with Crippen molar-refractivity contribution in [1.29, 1.82) is 0 Å². The fourth-order valence-electron chi connectivity index (χ4n) is 3.07. The average Bonchev–Trinajstić information content (AvgIpc) is 2.78. The second kappa shape index (κ2) is 7.71. The molecule has 2 heterocycles. The third-order valence-corrected chi connectivity index (χ3v) is 4.23. The zero-order valence-corrected chi connectivity index (χ0v) is 17.5. The van der Waals surface area contributed by atoms with Crippen LogP contribution in [0.15, 0.2) is 22.2 Å². The van der Waals surface area contributed by atoms with Crippen LogP contribution in [0.4, 0.5) is 5.82 Å². The molecule has 10 heteroatoms. The summed E-state index contributed by atoms with van der Waals surface area (Å²) < 4.78 is 19.6. The maximum atomic E-state index is 12.4. The largest absolute Gasteiger partial charge is 0.383 e. The van der Waals surface area contributed by atoms with Crippen molar-refractivity contribution in [1.82, 2.24) is 9.55 Å². The number of nitrogens with zero attached hydrogens (tertiary/aromatic N) is 5. The van der Waals surface area contributed by atoms with Crippen LogP contribution in [-0.2, 0) is 14.2 Å². The molecule has 0 spiro atoms. The predicted molar refractivity (Wildman–Crippen MR) is 104 cm³/mol. The highest BCUT2D eigenvalue weighted by Gasteiger charge is 2.56.